The second-order valence-corrected chi connectivity index (χ2v) is 7.80. The molecule has 0 fully saturated rings. The number of nitrogens with one attached hydrogen (secondary N) is 1. The Morgan fingerprint density at radius 3 is 2.82 bits per heavy atom. The number of fused-ring (bicyclic) bond motifs is 2. The molecule has 0 aliphatic carbocycles. The van der Waals surface area contributed by atoms with Gasteiger partial charge in [0.1, 0.15) is 23.7 Å². The maximum absolute atomic E-state index is 13.5. The molecule has 0 saturated carbocycles. The molecule has 2 N–H and O–H groups in total. The van der Waals surface area contributed by atoms with E-state index in [0.29, 0.717) is 29.0 Å². The topological polar surface area (TPSA) is 102 Å². The highest BCUT2D eigenvalue weighted by Crippen LogP contribution is 2.32. The summed E-state index contributed by atoms with van der Waals surface area (Å²) in [6, 6.07) is 17.4. The average molecular weight is 457 g/mol. The summed E-state index contributed by atoms with van der Waals surface area (Å²) in [7, 11) is 0. The number of aromatic nitrogens is 4. The van der Waals surface area contributed by atoms with Crippen molar-refractivity contribution in [2.45, 2.75) is 19.6 Å². The van der Waals surface area contributed by atoms with E-state index in [9.17, 15) is 14.3 Å². The maximum atomic E-state index is 13.5. The van der Waals surface area contributed by atoms with E-state index in [-0.39, 0.29) is 5.82 Å². The lowest BCUT2D eigenvalue weighted by molar-refractivity contribution is -0.144. The van der Waals surface area contributed by atoms with Gasteiger partial charge in [-0.2, -0.15) is 5.10 Å². The van der Waals surface area contributed by atoms with Gasteiger partial charge in [-0.3, -0.25) is 4.68 Å². The fourth-order valence-electron chi connectivity index (χ4n) is 3.75. The van der Waals surface area contributed by atoms with Gasteiger partial charge in [-0.05, 0) is 55.0 Å². The Morgan fingerprint density at radius 1 is 1.15 bits per heavy atom. The fraction of sp³-hybridized carbons (Fsp3) is 0.120. The molecule has 0 aliphatic heterocycles. The third-order valence-electron chi connectivity index (χ3n) is 5.40. The van der Waals surface area contributed by atoms with Crippen LogP contribution in [0.4, 0.5) is 15.9 Å². The van der Waals surface area contributed by atoms with Gasteiger partial charge in [0, 0.05) is 11.1 Å². The van der Waals surface area contributed by atoms with E-state index in [4.69, 9.17) is 4.74 Å². The smallest absolute Gasteiger partial charge is 0.344 e. The number of carboxylic acid groups (broad SMARTS) is 1. The molecule has 0 amide bonds. The van der Waals surface area contributed by atoms with Crippen LogP contribution in [0.5, 0.6) is 5.75 Å². The summed E-state index contributed by atoms with van der Waals surface area (Å²) in [4.78, 5) is 19.9. The standard InChI is InChI=1S/C25H20FN5O3/c1-15(25(32)33)34-22-7-3-6-20-23(22)24(28-14-27-20)30-19-8-9-21-17(11-19)12-29-31(21)13-16-4-2-5-18(26)10-16/h2-12,14-15H,13H2,1H3,(H,32,33)(H,27,28,30)/t15-/m0/s1. The van der Waals surface area contributed by atoms with Gasteiger partial charge in [0.15, 0.2) is 6.10 Å². The van der Waals surface area contributed by atoms with Gasteiger partial charge >= 0.3 is 5.97 Å². The van der Waals surface area contributed by atoms with Crippen LogP contribution in [0.1, 0.15) is 12.5 Å². The molecule has 9 heteroatoms. The Labute approximate surface area is 193 Å². The highest BCUT2D eigenvalue weighted by molar-refractivity contribution is 5.96. The van der Waals surface area contributed by atoms with Crippen molar-refractivity contribution in [3.63, 3.8) is 0 Å². The van der Waals surface area contributed by atoms with Crippen LogP contribution in [0.2, 0.25) is 0 Å². The second kappa shape index (κ2) is 8.78. The summed E-state index contributed by atoms with van der Waals surface area (Å²) >= 11 is 0. The van der Waals surface area contributed by atoms with Crippen LogP contribution in [-0.2, 0) is 11.3 Å². The van der Waals surface area contributed by atoms with E-state index in [1.807, 2.05) is 28.9 Å². The molecular formula is C25H20FN5O3. The fourth-order valence-corrected chi connectivity index (χ4v) is 3.75. The number of ether oxygens (including phenoxy) is 1. The predicted molar refractivity (Wildman–Crippen MR) is 126 cm³/mol. The summed E-state index contributed by atoms with van der Waals surface area (Å²) in [5, 5.41) is 18.4. The molecule has 0 saturated heterocycles. The van der Waals surface area contributed by atoms with Gasteiger partial charge in [0.2, 0.25) is 0 Å². The summed E-state index contributed by atoms with van der Waals surface area (Å²) < 4.78 is 21.0. The van der Waals surface area contributed by atoms with Crippen LogP contribution in [0, 0.1) is 5.82 Å². The van der Waals surface area contributed by atoms with Crippen LogP contribution in [0.25, 0.3) is 21.8 Å². The number of carboxylic acids is 1. The lowest BCUT2D eigenvalue weighted by Gasteiger charge is -2.15. The number of anilines is 2. The Balaban J connectivity index is 1.46. The lowest BCUT2D eigenvalue weighted by atomic mass is 10.2. The highest BCUT2D eigenvalue weighted by atomic mass is 19.1. The number of nitrogens with zero attached hydrogens (tertiary/aromatic N) is 4. The van der Waals surface area contributed by atoms with Crippen molar-refractivity contribution in [1.82, 2.24) is 19.7 Å². The van der Waals surface area contributed by atoms with E-state index >= 15 is 0 Å². The molecular weight excluding hydrogens is 437 g/mol. The third-order valence-corrected chi connectivity index (χ3v) is 5.40. The number of rotatable bonds is 7. The van der Waals surface area contributed by atoms with Gasteiger partial charge < -0.3 is 15.2 Å². The molecule has 0 bridgehead atoms. The van der Waals surface area contributed by atoms with Gasteiger partial charge in [-0.1, -0.05) is 18.2 Å². The molecule has 170 valence electrons. The molecule has 1 atom stereocenters. The summed E-state index contributed by atoms with van der Waals surface area (Å²) in [6.45, 7) is 1.92. The molecule has 5 aromatic rings. The molecule has 3 aromatic carbocycles. The number of halogens is 1. The predicted octanol–water partition coefficient (Wildman–Crippen LogP) is 4.76. The summed E-state index contributed by atoms with van der Waals surface area (Å²) in [5.41, 5.74) is 3.11. The van der Waals surface area contributed by atoms with Crippen molar-refractivity contribution in [2.24, 2.45) is 0 Å². The maximum Gasteiger partial charge on any atom is 0.344 e. The zero-order valence-corrected chi connectivity index (χ0v) is 18.1. The Kier molecular flexibility index (Phi) is 5.51. The van der Waals surface area contributed by atoms with Crippen molar-refractivity contribution in [3.05, 3.63) is 84.6 Å². The summed E-state index contributed by atoms with van der Waals surface area (Å²) in [6.07, 6.45) is 2.16. The van der Waals surface area contributed by atoms with Gasteiger partial charge in [-0.15, -0.1) is 0 Å². The van der Waals surface area contributed by atoms with Crippen LogP contribution in [-0.4, -0.2) is 36.9 Å². The van der Waals surface area contributed by atoms with Gasteiger partial charge in [0.05, 0.1) is 29.2 Å². The largest absolute Gasteiger partial charge is 0.479 e. The molecule has 0 radical (unpaired) electrons. The minimum absolute atomic E-state index is 0.279. The minimum Gasteiger partial charge on any atom is -0.479 e. The van der Waals surface area contributed by atoms with Crippen LogP contribution >= 0.6 is 0 Å². The van der Waals surface area contributed by atoms with Crippen molar-refractivity contribution in [3.8, 4) is 5.75 Å². The van der Waals surface area contributed by atoms with Crippen LogP contribution < -0.4 is 10.1 Å². The van der Waals surface area contributed by atoms with Crippen LogP contribution in [0.3, 0.4) is 0 Å². The number of hydrogen-bond acceptors (Lipinski definition) is 6. The first-order valence-corrected chi connectivity index (χ1v) is 10.6. The van der Waals surface area contributed by atoms with Crippen molar-refractivity contribution in [2.75, 3.05) is 5.32 Å². The Hall–Kier alpha value is -4.53. The highest BCUT2D eigenvalue weighted by Gasteiger charge is 2.17. The molecule has 8 nitrogen and oxygen atoms in total. The molecule has 2 aromatic heterocycles. The average Bonchev–Trinajstić information content (AvgIpc) is 3.21. The summed E-state index contributed by atoms with van der Waals surface area (Å²) in [5.74, 6) is -0.480. The van der Waals surface area contributed by atoms with Crippen LogP contribution in [0.15, 0.2) is 73.2 Å². The monoisotopic (exact) mass is 457 g/mol. The number of hydrogen-bond donors (Lipinski definition) is 2. The van der Waals surface area contributed by atoms with E-state index < -0.39 is 12.1 Å². The first-order valence-electron chi connectivity index (χ1n) is 10.6. The molecule has 0 spiro atoms. The van der Waals surface area contributed by atoms with Crippen molar-refractivity contribution in [1.29, 1.82) is 0 Å². The first kappa shape index (κ1) is 21.3. The van der Waals surface area contributed by atoms with Crippen molar-refractivity contribution >= 4 is 39.3 Å². The lowest BCUT2D eigenvalue weighted by Crippen LogP contribution is -2.23. The Morgan fingerprint density at radius 2 is 2.00 bits per heavy atom. The van der Waals surface area contributed by atoms with Gasteiger partial charge in [0.25, 0.3) is 0 Å². The third kappa shape index (κ3) is 4.23. The van der Waals surface area contributed by atoms with Crippen molar-refractivity contribution < 1.29 is 19.0 Å². The molecule has 2 heterocycles. The molecule has 0 unspecified atom stereocenters. The SMILES string of the molecule is C[C@H](Oc1cccc2ncnc(Nc3ccc4c(cnn4Cc4cccc(F)c4)c3)c12)C(=O)O. The van der Waals surface area contributed by atoms with E-state index in [1.54, 1.807) is 30.5 Å². The molecule has 5 rings (SSSR count). The number of aliphatic carboxylic acids is 1. The zero-order valence-electron chi connectivity index (χ0n) is 18.1. The quantitative estimate of drug-likeness (QED) is 0.363. The Bertz CT molecular complexity index is 1510. The first-order chi connectivity index (χ1) is 16.5. The minimum atomic E-state index is -1.07. The molecule has 0 aliphatic rings. The van der Waals surface area contributed by atoms with E-state index in [2.05, 4.69) is 20.4 Å². The van der Waals surface area contributed by atoms with E-state index in [0.717, 1.165) is 22.2 Å². The number of carbonyl (C=O) groups is 1. The normalized spacial score (nSPS) is 12.1. The molecule has 34 heavy (non-hydrogen) atoms. The van der Waals surface area contributed by atoms with Gasteiger partial charge in [-0.25, -0.2) is 19.2 Å². The second-order valence-electron chi connectivity index (χ2n) is 7.80. The van der Waals surface area contributed by atoms with E-state index in [1.165, 1.54) is 25.4 Å². The zero-order chi connectivity index (χ0) is 23.7. The number of benzene rings is 3.